The number of para-hydroxylation sites is 2. The first-order valence-corrected chi connectivity index (χ1v) is 8.94. The van der Waals surface area contributed by atoms with Crippen molar-refractivity contribution in [1.82, 2.24) is 25.1 Å². The molecule has 26 heavy (non-hydrogen) atoms. The average molecular weight is 359 g/mol. The first-order chi connectivity index (χ1) is 12.6. The number of carbonyl (C=O) groups is 2. The average Bonchev–Trinajstić information content (AvgIpc) is 3.04. The van der Waals surface area contributed by atoms with E-state index in [0.717, 1.165) is 49.6 Å². The number of H-pyrrole nitrogens is 1. The Morgan fingerprint density at radius 3 is 2.65 bits per heavy atom. The van der Waals surface area contributed by atoms with Crippen LogP contribution in [0.5, 0.6) is 0 Å². The normalized spacial score (nSPS) is 15.9. The summed E-state index contributed by atoms with van der Waals surface area (Å²) in [6.45, 7) is 6.45. The van der Waals surface area contributed by atoms with Gasteiger partial charge < -0.3 is 15.0 Å². The van der Waals surface area contributed by atoms with E-state index in [-0.39, 0.29) is 12.5 Å². The molecule has 2 N–H and O–H groups in total. The monoisotopic (exact) mass is 359 g/mol. The molecular weight excluding hydrogens is 334 g/mol. The number of imidazole rings is 1. The molecular formula is C18H25N5O3. The van der Waals surface area contributed by atoms with E-state index in [1.54, 1.807) is 6.92 Å². The Morgan fingerprint density at radius 2 is 1.92 bits per heavy atom. The SMILES string of the molecule is CCOC(=O)CNC(=O)CN1CCN(Cc2nc3ccccc3[nH]2)CC1. The van der Waals surface area contributed by atoms with Gasteiger partial charge in [-0.25, -0.2) is 4.98 Å². The zero-order valence-corrected chi connectivity index (χ0v) is 15.0. The summed E-state index contributed by atoms with van der Waals surface area (Å²) in [4.78, 5) is 35.5. The molecule has 2 aromatic rings. The molecule has 0 saturated carbocycles. The Morgan fingerprint density at radius 1 is 1.19 bits per heavy atom. The van der Waals surface area contributed by atoms with Gasteiger partial charge in [-0.1, -0.05) is 12.1 Å². The first-order valence-electron chi connectivity index (χ1n) is 8.94. The number of fused-ring (bicyclic) bond motifs is 1. The van der Waals surface area contributed by atoms with Crippen LogP contribution in [0.25, 0.3) is 11.0 Å². The summed E-state index contributed by atoms with van der Waals surface area (Å²) in [5.74, 6) is 0.409. The van der Waals surface area contributed by atoms with Crippen LogP contribution in [0.2, 0.25) is 0 Å². The largest absolute Gasteiger partial charge is 0.465 e. The molecule has 1 aromatic carbocycles. The van der Waals surface area contributed by atoms with Gasteiger partial charge in [-0.3, -0.25) is 19.4 Å². The second-order valence-corrected chi connectivity index (χ2v) is 6.33. The summed E-state index contributed by atoms with van der Waals surface area (Å²) in [6, 6.07) is 8.01. The van der Waals surface area contributed by atoms with Crippen LogP contribution in [-0.2, 0) is 20.9 Å². The highest BCUT2D eigenvalue weighted by atomic mass is 16.5. The van der Waals surface area contributed by atoms with Gasteiger partial charge in [-0.15, -0.1) is 0 Å². The maximum Gasteiger partial charge on any atom is 0.325 e. The van der Waals surface area contributed by atoms with Gasteiger partial charge in [0.25, 0.3) is 0 Å². The molecule has 8 heteroatoms. The number of aromatic nitrogens is 2. The third-order valence-corrected chi connectivity index (χ3v) is 4.38. The zero-order valence-electron chi connectivity index (χ0n) is 15.0. The van der Waals surface area contributed by atoms with Crippen LogP contribution in [0, 0.1) is 0 Å². The summed E-state index contributed by atoms with van der Waals surface area (Å²) in [5.41, 5.74) is 2.04. The smallest absolute Gasteiger partial charge is 0.325 e. The molecule has 1 fully saturated rings. The number of amides is 1. The van der Waals surface area contributed by atoms with Gasteiger partial charge in [0.05, 0.1) is 30.7 Å². The van der Waals surface area contributed by atoms with Gasteiger partial charge >= 0.3 is 5.97 Å². The van der Waals surface area contributed by atoms with Crippen molar-refractivity contribution in [3.05, 3.63) is 30.1 Å². The van der Waals surface area contributed by atoms with Crippen molar-refractivity contribution in [3.8, 4) is 0 Å². The molecule has 0 bridgehead atoms. The molecule has 0 unspecified atom stereocenters. The molecule has 1 saturated heterocycles. The van der Waals surface area contributed by atoms with Crippen molar-refractivity contribution in [2.24, 2.45) is 0 Å². The lowest BCUT2D eigenvalue weighted by molar-refractivity contribution is -0.143. The van der Waals surface area contributed by atoms with E-state index >= 15 is 0 Å². The molecule has 2 heterocycles. The molecule has 0 atom stereocenters. The van der Waals surface area contributed by atoms with E-state index in [1.165, 1.54) is 0 Å². The Bertz CT molecular complexity index is 719. The minimum Gasteiger partial charge on any atom is -0.465 e. The van der Waals surface area contributed by atoms with Crippen LogP contribution >= 0.6 is 0 Å². The van der Waals surface area contributed by atoms with Crippen LogP contribution < -0.4 is 5.32 Å². The number of hydrogen-bond acceptors (Lipinski definition) is 6. The van der Waals surface area contributed by atoms with E-state index in [1.807, 2.05) is 24.3 Å². The lowest BCUT2D eigenvalue weighted by atomic mass is 10.3. The molecule has 140 valence electrons. The summed E-state index contributed by atoms with van der Waals surface area (Å²) < 4.78 is 4.79. The van der Waals surface area contributed by atoms with Crippen LogP contribution in [0.4, 0.5) is 0 Å². The fraction of sp³-hybridized carbons (Fsp3) is 0.500. The molecule has 1 aliphatic heterocycles. The van der Waals surface area contributed by atoms with Gasteiger partial charge in [-0.05, 0) is 19.1 Å². The van der Waals surface area contributed by atoms with E-state index in [0.29, 0.717) is 13.2 Å². The lowest BCUT2D eigenvalue weighted by Crippen LogP contribution is -2.49. The third kappa shape index (κ3) is 5.03. The third-order valence-electron chi connectivity index (χ3n) is 4.38. The topological polar surface area (TPSA) is 90.6 Å². The maximum absolute atomic E-state index is 11.9. The number of nitrogens with one attached hydrogen (secondary N) is 2. The fourth-order valence-corrected chi connectivity index (χ4v) is 3.04. The Kier molecular flexibility index (Phi) is 6.19. The van der Waals surface area contributed by atoms with Crippen LogP contribution in [0.15, 0.2) is 24.3 Å². The molecule has 3 rings (SSSR count). The molecule has 0 radical (unpaired) electrons. The van der Waals surface area contributed by atoms with Crippen molar-refractivity contribution < 1.29 is 14.3 Å². The quantitative estimate of drug-likeness (QED) is 0.694. The summed E-state index contributed by atoms with van der Waals surface area (Å²) in [7, 11) is 0. The number of rotatable bonds is 7. The predicted molar refractivity (Wildman–Crippen MR) is 97.5 cm³/mol. The Hall–Kier alpha value is -2.45. The van der Waals surface area contributed by atoms with Crippen LogP contribution in [0.3, 0.4) is 0 Å². The van der Waals surface area contributed by atoms with Crippen LogP contribution in [-0.4, -0.2) is 77.5 Å². The van der Waals surface area contributed by atoms with Gasteiger partial charge in [0.15, 0.2) is 0 Å². The number of benzene rings is 1. The van der Waals surface area contributed by atoms with Crippen molar-refractivity contribution in [2.75, 3.05) is 45.9 Å². The second kappa shape index (κ2) is 8.77. The van der Waals surface area contributed by atoms with Crippen molar-refractivity contribution in [1.29, 1.82) is 0 Å². The number of ether oxygens (including phenoxy) is 1. The van der Waals surface area contributed by atoms with E-state index < -0.39 is 5.97 Å². The van der Waals surface area contributed by atoms with Gasteiger partial charge in [0.1, 0.15) is 12.4 Å². The zero-order chi connectivity index (χ0) is 18.4. The predicted octanol–water partition coefficient (Wildman–Crippen LogP) is 0.360. The van der Waals surface area contributed by atoms with Crippen LogP contribution in [0.1, 0.15) is 12.7 Å². The van der Waals surface area contributed by atoms with Crippen molar-refractivity contribution in [2.45, 2.75) is 13.5 Å². The summed E-state index contributed by atoms with van der Waals surface area (Å²) >= 11 is 0. The van der Waals surface area contributed by atoms with E-state index in [9.17, 15) is 9.59 Å². The molecule has 1 amide bonds. The van der Waals surface area contributed by atoms with Gasteiger partial charge in [-0.2, -0.15) is 0 Å². The standard InChI is InChI=1S/C18H25N5O3/c1-2-26-18(25)11-19-17(24)13-23-9-7-22(8-10-23)12-16-20-14-5-3-4-6-15(14)21-16/h3-6H,2,7-13H2,1H3,(H,19,24)(H,20,21). The molecule has 0 spiro atoms. The number of carbonyl (C=O) groups excluding carboxylic acids is 2. The molecule has 8 nitrogen and oxygen atoms in total. The number of nitrogens with zero attached hydrogens (tertiary/aromatic N) is 3. The fourth-order valence-electron chi connectivity index (χ4n) is 3.04. The Labute approximate surface area is 152 Å². The van der Waals surface area contributed by atoms with Crippen molar-refractivity contribution in [3.63, 3.8) is 0 Å². The minimum absolute atomic E-state index is 0.0707. The van der Waals surface area contributed by atoms with E-state index in [4.69, 9.17) is 4.74 Å². The first kappa shape index (κ1) is 18.3. The number of hydrogen-bond donors (Lipinski definition) is 2. The highest BCUT2D eigenvalue weighted by Crippen LogP contribution is 2.12. The highest BCUT2D eigenvalue weighted by molar-refractivity contribution is 5.83. The van der Waals surface area contributed by atoms with Crippen molar-refractivity contribution >= 4 is 22.9 Å². The summed E-state index contributed by atoms with van der Waals surface area (Å²) in [6.07, 6.45) is 0. The minimum atomic E-state index is -0.406. The second-order valence-electron chi connectivity index (χ2n) is 6.33. The van der Waals surface area contributed by atoms with Gasteiger partial charge in [0, 0.05) is 26.2 Å². The molecule has 1 aromatic heterocycles. The lowest BCUT2D eigenvalue weighted by Gasteiger charge is -2.33. The number of aromatic amines is 1. The maximum atomic E-state index is 11.9. The van der Waals surface area contributed by atoms with E-state index in [2.05, 4.69) is 25.1 Å². The van der Waals surface area contributed by atoms with Gasteiger partial charge in [0.2, 0.25) is 5.91 Å². The molecule has 1 aliphatic rings. The molecule has 0 aliphatic carbocycles. The summed E-state index contributed by atoms with van der Waals surface area (Å²) in [5, 5.41) is 2.60. The highest BCUT2D eigenvalue weighted by Gasteiger charge is 2.20. The number of esters is 1. The number of piperazine rings is 1. The Balaban J connectivity index is 1.40.